The fraction of sp³-hybridized carbons (Fsp3) is 0.667. The first-order valence-electron chi connectivity index (χ1n) is 4.84. The number of ether oxygens (including phenoxy) is 1. The molecule has 1 aliphatic heterocycles. The molecule has 0 spiro atoms. The molecule has 3 N–H and O–H groups in total. The van der Waals surface area contributed by atoms with Crippen LogP contribution in [0.5, 0.6) is 0 Å². The van der Waals surface area contributed by atoms with Crippen LogP contribution in [-0.4, -0.2) is 34.2 Å². The minimum atomic E-state index is -0.248. The lowest BCUT2D eigenvalue weighted by atomic mass is 10.4. The summed E-state index contributed by atoms with van der Waals surface area (Å²) in [7, 11) is 0. The number of aromatic nitrogens is 1. The van der Waals surface area contributed by atoms with Gasteiger partial charge in [0.2, 0.25) is 0 Å². The molecule has 1 fully saturated rings. The Morgan fingerprint density at radius 1 is 1.62 bits per heavy atom. The molecule has 92 valence electrons. The topological polar surface area (TPSA) is 68.4 Å². The second-order valence-electron chi connectivity index (χ2n) is 3.17. The maximum absolute atomic E-state index is 8.47. The van der Waals surface area contributed by atoms with Gasteiger partial charge in [0.25, 0.3) is 0 Å². The number of hydrogen-bond acceptors (Lipinski definition) is 5. The second-order valence-corrected chi connectivity index (χ2v) is 5.30. The molecule has 0 aliphatic carbocycles. The minimum absolute atomic E-state index is 0.0293. The zero-order valence-electron chi connectivity index (χ0n) is 8.60. The van der Waals surface area contributed by atoms with Gasteiger partial charge in [-0.1, -0.05) is 11.6 Å². The Morgan fingerprint density at radius 2 is 2.38 bits per heavy atom. The highest BCUT2D eigenvalue weighted by atomic mass is 35.5. The Balaban J connectivity index is 0.000000165. The van der Waals surface area contributed by atoms with Crippen molar-refractivity contribution in [2.24, 2.45) is 0 Å². The molecule has 1 saturated heterocycles. The smallest absolute Gasteiger partial charge is 0.180 e. The van der Waals surface area contributed by atoms with Crippen molar-refractivity contribution in [1.29, 1.82) is 0 Å². The summed E-state index contributed by atoms with van der Waals surface area (Å²) < 4.78 is 4.90. The summed E-state index contributed by atoms with van der Waals surface area (Å²) in [5.41, 5.74) is 5.09. The highest BCUT2D eigenvalue weighted by Crippen LogP contribution is 2.21. The third kappa shape index (κ3) is 4.84. The van der Waals surface area contributed by atoms with Crippen LogP contribution in [0.15, 0.2) is 6.20 Å². The Morgan fingerprint density at radius 3 is 2.69 bits per heavy atom. The molecule has 2 rings (SSSR count). The standard InChI is InChI=1S/C5H8N2OS.C4H6Cl2O/c6-5-7-3-4(9-5)1-2-8;5-3-1-2-7-4(3)6/h3,8H,1-2H2,(H2,6,7);3-4H,1-2H2. The molecule has 7 heteroatoms. The van der Waals surface area contributed by atoms with Gasteiger partial charge in [-0.15, -0.1) is 22.9 Å². The van der Waals surface area contributed by atoms with Gasteiger partial charge in [0, 0.05) is 24.1 Å². The Hall–Kier alpha value is -0.0700. The molecule has 2 unspecified atom stereocenters. The maximum atomic E-state index is 8.47. The van der Waals surface area contributed by atoms with Crippen molar-refractivity contribution >= 4 is 39.7 Å². The van der Waals surface area contributed by atoms with Crippen molar-refractivity contribution < 1.29 is 9.84 Å². The summed E-state index contributed by atoms with van der Waals surface area (Å²) in [6, 6.07) is 0. The van der Waals surface area contributed by atoms with E-state index in [0.29, 0.717) is 18.2 Å². The molecule has 1 aliphatic rings. The zero-order valence-corrected chi connectivity index (χ0v) is 10.9. The van der Waals surface area contributed by atoms with Crippen molar-refractivity contribution in [3.05, 3.63) is 11.1 Å². The second kappa shape index (κ2) is 7.29. The van der Waals surface area contributed by atoms with E-state index in [0.717, 1.165) is 11.3 Å². The number of aliphatic hydroxyl groups excluding tert-OH is 1. The summed E-state index contributed by atoms with van der Waals surface area (Å²) in [5.74, 6) is 0. The number of nitrogens with zero attached hydrogens (tertiary/aromatic N) is 1. The molecule has 0 radical (unpaired) electrons. The average molecular weight is 285 g/mol. The summed E-state index contributed by atoms with van der Waals surface area (Å²) in [6.45, 7) is 0.879. The number of rotatable bonds is 2. The predicted molar refractivity (Wildman–Crippen MR) is 67.2 cm³/mol. The number of anilines is 1. The molecule has 2 heterocycles. The van der Waals surface area contributed by atoms with E-state index in [-0.39, 0.29) is 17.5 Å². The fourth-order valence-electron chi connectivity index (χ4n) is 1.08. The van der Waals surface area contributed by atoms with E-state index < -0.39 is 0 Å². The SMILES string of the molecule is ClC1CCOC1Cl.Nc1ncc(CCO)s1. The lowest BCUT2D eigenvalue weighted by molar-refractivity contribution is 0.169. The molecule has 1 aromatic heterocycles. The monoisotopic (exact) mass is 284 g/mol. The quantitative estimate of drug-likeness (QED) is 0.814. The number of hydrogen-bond donors (Lipinski definition) is 2. The molecular formula is C9H14Cl2N2O2S. The maximum Gasteiger partial charge on any atom is 0.180 e. The predicted octanol–water partition coefficient (Wildman–Crippen LogP) is 1.84. The normalized spacial score (nSPS) is 23.9. The number of alkyl halides is 2. The van der Waals surface area contributed by atoms with E-state index in [2.05, 4.69) is 4.98 Å². The van der Waals surface area contributed by atoms with E-state index in [4.69, 9.17) is 38.8 Å². The molecule has 0 aromatic carbocycles. The van der Waals surface area contributed by atoms with Crippen molar-refractivity contribution in [2.45, 2.75) is 23.8 Å². The van der Waals surface area contributed by atoms with Crippen molar-refractivity contribution in [2.75, 3.05) is 18.9 Å². The van der Waals surface area contributed by atoms with Crippen molar-refractivity contribution in [1.82, 2.24) is 4.98 Å². The van der Waals surface area contributed by atoms with E-state index in [1.54, 1.807) is 6.20 Å². The molecule has 0 amide bonds. The number of aliphatic hydroxyl groups is 1. The van der Waals surface area contributed by atoms with E-state index in [9.17, 15) is 0 Å². The molecule has 2 atom stereocenters. The number of thiazole rings is 1. The summed E-state index contributed by atoms with van der Waals surface area (Å²) >= 11 is 12.5. The summed E-state index contributed by atoms with van der Waals surface area (Å²) in [6.07, 6.45) is 3.24. The van der Waals surface area contributed by atoms with Crippen LogP contribution in [-0.2, 0) is 11.2 Å². The average Bonchev–Trinajstić information content (AvgIpc) is 2.80. The third-order valence-electron chi connectivity index (χ3n) is 1.88. The highest BCUT2D eigenvalue weighted by molar-refractivity contribution is 7.15. The minimum Gasteiger partial charge on any atom is -0.396 e. The van der Waals surface area contributed by atoms with Crippen LogP contribution in [0.3, 0.4) is 0 Å². The van der Waals surface area contributed by atoms with Crippen LogP contribution in [0.4, 0.5) is 5.13 Å². The van der Waals surface area contributed by atoms with Crippen LogP contribution in [0, 0.1) is 0 Å². The van der Waals surface area contributed by atoms with Crippen LogP contribution < -0.4 is 5.73 Å². The first-order valence-corrected chi connectivity index (χ1v) is 6.53. The summed E-state index contributed by atoms with van der Waals surface area (Å²) in [4.78, 5) is 4.86. The Bertz CT molecular complexity index is 303. The van der Waals surface area contributed by atoms with Gasteiger partial charge in [0.15, 0.2) is 5.13 Å². The van der Waals surface area contributed by atoms with Gasteiger partial charge >= 0.3 is 0 Å². The Labute approximate surface area is 108 Å². The third-order valence-corrected chi connectivity index (χ3v) is 3.78. The van der Waals surface area contributed by atoms with E-state index >= 15 is 0 Å². The molecular weight excluding hydrogens is 271 g/mol. The van der Waals surface area contributed by atoms with Gasteiger partial charge in [-0.2, -0.15) is 0 Å². The highest BCUT2D eigenvalue weighted by Gasteiger charge is 2.22. The largest absolute Gasteiger partial charge is 0.396 e. The van der Waals surface area contributed by atoms with Gasteiger partial charge in [0.1, 0.15) is 5.56 Å². The van der Waals surface area contributed by atoms with Crippen LogP contribution in [0.1, 0.15) is 11.3 Å². The molecule has 4 nitrogen and oxygen atoms in total. The van der Waals surface area contributed by atoms with Gasteiger partial charge in [0.05, 0.1) is 12.0 Å². The van der Waals surface area contributed by atoms with Gasteiger partial charge in [-0.25, -0.2) is 4.98 Å². The first-order chi connectivity index (χ1) is 7.63. The van der Waals surface area contributed by atoms with Gasteiger partial charge < -0.3 is 15.6 Å². The van der Waals surface area contributed by atoms with Crippen molar-refractivity contribution in [3.63, 3.8) is 0 Å². The van der Waals surface area contributed by atoms with Crippen LogP contribution in [0.2, 0.25) is 0 Å². The van der Waals surface area contributed by atoms with Crippen molar-refractivity contribution in [3.8, 4) is 0 Å². The van der Waals surface area contributed by atoms with Gasteiger partial charge in [-0.3, -0.25) is 0 Å². The zero-order chi connectivity index (χ0) is 12.0. The molecule has 0 bridgehead atoms. The lowest BCUT2D eigenvalue weighted by Gasteiger charge is -1.99. The summed E-state index contributed by atoms with van der Waals surface area (Å²) in [5, 5.41) is 9.06. The van der Waals surface area contributed by atoms with Crippen LogP contribution in [0.25, 0.3) is 0 Å². The molecule has 0 saturated carbocycles. The first kappa shape index (κ1) is 14.0. The number of halogens is 2. The molecule has 16 heavy (non-hydrogen) atoms. The van der Waals surface area contributed by atoms with E-state index in [1.165, 1.54) is 11.3 Å². The number of nitrogens with two attached hydrogens (primary N) is 1. The lowest BCUT2D eigenvalue weighted by Crippen LogP contribution is -2.05. The fourth-order valence-corrected chi connectivity index (χ4v) is 2.13. The van der Waals surface area contributed by atoms with Gasteiger partial charge in [-0.05, 0) is 6.42 Å². The molecule has 1 aromatic rings. The number of nitrogen functional groups attached to an aromatic ring is 1. The van der Waals surface area contributed by atoms with Crippen LogP contribution >= 0.6 is 34.5 Å². The van der Waals surface area contributed by atoms with E-state index in [1.807, 2.05) is 0 Å². The Kier molecular flexibility index (Phi) is 6.38.